The molecule has 0 heterocycles. The van der Waals surface area contributed by atoms with Crippen molar-refractivity contribution in [2.45, 2.75) is 25.3 Å². The fraction of sp³-hybridized carbons (Fsp3) is 0.375. The maximum Gasteiger partial charge on any atom is 0.333 e. The molecule has 0 fully saturated rings. The Balaban J connectivity index is 2.15. The summed E-state index contributed by atoms with van der Waals surface area (Å²) in [7, 11) is 1.12. The van der Waals surface area contributed by atoms with E-state index in [-0.39, 0.29) is 17.9 Å². The van der Waals surface area contributed by atoms with Crippen LogP contribution in [0.25, 0.3) is 0 Å². The van der Waals surface area contributed by atoms with Gasteiger partial charge in [0.25, 0.3) is 0 Å². The van der Waals surface area contributed by atoms with Crippen LogP contribution >= 0.6 is 0 Å². The van der Waals surface area contributed by atoms with Crippen molar-refractivity contribution in [1.29, 1.82) is 0 Å². The Labute approximate surface area is 127 Å². The summed E-state index contributed by atoms with van der Waals surface area (Å²) in [4.78, 5) is 23.8. The molecule has 22 heavy (non-hydrogen) atoms. The van der Waals surface area contributed by atoms with E-state index >= 15 is 0 Å². The highest BCUT2D eigenvalue weighted by atomic mass is 19.1. The molecule has 2 rings (SSSR count). The van der Waals surface area contributed by atoms with Gasteiger partial charge < -0.3 is 10.1 Å². The highest BCUT2D eigenvalue weighted by Gasteiger charge is 2.27. The number of methoxy groups -OCH3 is 1. The molecule has 0 saturated carbocycles. The number of hydrogen-bond acceptors (Lipinski definition) is 3. The van der Waals surface area contributed by atoms with Crippen LogP contribution in [0.2, 0.25) is 0 Å². The second-order valence-electron chi connectivity index (χ2n) is 5.16. The predicted molar refractivity (Wildman–Crippen MR) is 75.7 cm³/mol. The molecule has 1 aliphatic rings. The van der Waals surface area contributed by atoms with E-state index in [1.54, 1.807) is 0 Å². The van der Waals surface area contributed by atoms with Crippen LogP contribution in [0.1, 0.15) is 30.9 Å². The van der Waals surface area contributed by atoms with Crippen molar-refractivity contribution in [3.05, 3.63) is 47.5 Å². The van der Waals surface area contributed by atoms with E-state index in [0.29, 0.717) is 0 Å². The molecule has 1 aromatic rings. The molecule has 0 bridgehead atoms. The summed E-state index contributed by atoms with van der Waals surface area (Å²) in [6.07, 6.45) is 5.90. The van der Waals surface area contributed by atoms with Crippen molar-refractivity contribution < 1.29 is 23.1 Å². The van der Waals surface area contributed by atoms with E-state index in [1.807, 2.05) is 12.2 Å². The van der Waals surface area contributed by atoms with Crippen LogP contribution in [0.15, 0.2) is 30.4 Å². The summed E-state index contributed by atoms with van der Waals surface area (Å²) < 4.78 is 31.7. The van der Waals surface area contributed by atoms with Crippen LogP contribution in [0.4, 0.5) is 8.78 Å². The van der Waals surface area contributed by atoms with Crippen molar-refractivity contribution in [3.8, 4) is 0 Å². The van der Waals surface area contributed by atoms with E-state index in [0.717, 1.165) is 38.2 Å². The number of allylic oxidation sites excluding steroid dienone is 2. The standard InChI is InChI=1S/C16H17F2NO3/c1-22-16(21)15(12-9-11(17)6-7-13(12)18)19-14(20)8-10-4-2-3-5-10/h2,4,6-7,9-10,15H,3,5,8H2,1H3,(H,19,20)/t10-,15+/m1/s1. The number of rotatable bonds is 5. The lowest BCUT2D eigenvalue weighted by Crippen LogP contribution is -2.35. The van der Waals surface area contributed by atoms with Crippen LogP contribution in [0.3, 0.4) is 0 Å². The van der Waals surface area contributed by atoms with Gasteiger partial charge in [-0.25, -0.2) is 13.6 Å². The molecule has 1 aliphatic carbocycles. The summed E-state index contributed by atoms with van der Waals surface area (Å²) in [6, 6.07) is 1.37. The molecule has 0 radical (unpaired) electrons. The minimum absolute atomic E-state index is 0.107. The molecule has 2 atom stereocenters. The number of hydrogen-bond donors (Lipinski definition) is 1. The zero-order valence-corrected chi connectivity index (χ0v) is 12.1. The summed E-state index contributed by atoms with van der Waals surface area (Å²) in [5, 5.41) is 2.42. The second kappa shape index (κ2) is 7.15. The third-order valence-corrected chi connectivity index (χ3v) is 3.57. The number of nitrogens with one attached hydrogen (secondary N) is 1. The van der Waals surface area contributed by atoms with E-state index in [2.05, 4.69) is 10.1 Å². The molecule has 0 aliphatic heterocycles. The van der Waals surface area contributed by atoms with Crippen molar-refractivity contribution in [2.24, 2.45) is 5.92 Å². The minimum atomic E-state index is -1.36. The van der Waals surface area contributed by atoms with Crippen molar-refractivity contribution >= 4 is 11.9 Å². The third-order valence-electron chi connectivity index (χ3n) is 3.57. The lowest BCUT2D eigenvalue weighted by atomic mass is 10.0. The molecule has 0 aromatic heterocycles. The summed E-state index contributed by atoms with van der Waals surface area (Å²) >= 11 is 0. The van der Waals surface area contributed by atoms with Crippen LogP contribution in [-0.4, -0.2) is 19.0 Å². The fourth-order valence-electron chi connectivity index (χ4n) is 2.44. The Morgan fingerprint density at radius 1 is 1.41 bits per heavy atom. The van der Waals surface area contributed by atoms with E-state index in [9.17, 15) is 18.4 Å². The monoisotopic (exact) mass is 309 g/mol. The number of esters is 1. The van der Waals surface area contributed by atoms with Crippen molar-refractivity contribution in [1.82, 2.24) is 5.32 Å². The van der Waals surface area contributed by atoms with Gasteiger partial charge in [-0.05, 0) is 37.0 Å². The number of amides is 1. The Hall–Kier alpha value is -2.24. The molecule has 0 spiro atoms. The highest BCUT2D eigenvalue weighted by Crippen LogP contribution is 2.23. The first kappa shape index (κ1) is 16.1. The van der Waals surface area contributed by atoms with Gasteiger partial charge >= 0.3 is 5.97 Å². The van der Waals surface area contributed by atoms with Gasteiger partial charge in [-0.15, -0.1) is 0 Å². The number of carbonyl (C=O) groups excluding carboxylic acids is 2. The topological polar surface area (TPSA) is 55.4 Å². The number of halogens is 2. The quantitative estimate of drug-likeness (QED) is 0.672. The van der Waals surface area contributed by atoms with Gasteiger partial charge in [0.2, 0.25) is 5.91 Å². The van der Waals surface area contributed by atoms with Crippen molar-refractivity contribution in [2.75, 3.05) is 7.11 Å². The maximum atomic E-state index is 13.8. The zero-order chi connectivity index (χ0) is 16.1. The normalized spacial score (nSPS) is 18.0. The van der Waals surface area contributed by atoms with Gasteiger partial charge in [-0.2, -0.15) is 0 Å². The molecule has 118 valence electrons. The SMILES string of the molecule is COC(=O)[C@@H](NC(=O)C[C@@H]1C=CCC1)c1cc(F)ccc1F. The molecule has 6 heteroatoms. The minimum Gasteiger partial charge on any atom is -0.467 e. The lowest BCUT2D eigenvalue weighted by molar-refractivity contribution is -0.145. The van der Waals surface area contributed by atoms with Crippen LogP contribution in [0.5, 0.6) is 0 Å². The predicted octanol–water partition coefficient (Wildman–Crippen LogP) is 2.65. The third kappa shape index (κ3) is 3.90. The molecular formula is C16H17F2NO3. The summed E-state index contributed by atoms with van der Waals surface area (Å²) in [5.74, 6) is -2.62. The Bertz CT molecular complexity index is 601. The number of benzene rings is 1. The molecule has 1 N–H and O–H groups in total. The van der Waals surface area contributed by atoms with Gasteiger partial charge in [-0.3, -0.25) is 4.79 Å². The first-order valence-electron chi connectivity index (χ1n) is 7.00. The maximum absolute atomic E-state index is 13.8. The second-order valence-corrected chi connectivity index (χ2v) is 5.16. The molecule has 1 aromatic carbocycles. The molecule has 4 nitrogen and oxygen atoms in total. The molecule has 1 amide bonds. The van der Waals surface area contributed by atoms with Crippen LogP contribution in [0, 0.1) is 17.6 Å². The average Bonchev–Trinajstić information content (AvgIpc) is 2.99. The Kier molecular flexibility index (Phi) is 5.25. The fourth-order valence-corrected chi connectivity index (χ4v) is 2.44. The van der Waals surface area contributed by atoms with E-state index < -0.39 is 29.6 Å². The van der Waals surface area contributed by atoms with Gasteiger partial charge in [-0.1, -0.05) is 12.2 Å². The summed E-state index contributed by atoms with van der Waals surface area (Å²) in [5.41, 5.74) is -0.248. The van der Waals surface area contributed by atoms with Gasteiger partial charge in [0.1, 0.15) is 11.6 Å². The molecule has 0 unspecified atom stereocenters. The average molecular weight is 309 g/mol. The molecular weight excluding hydrogens is 292 g/mol. The number of carbonyl (C=O) groups is 2. The Morgan fingerprint density at radius 3 is 2.82 bits per heavy atom. The van der Waals surface area contributed by atoms with E-state index in [4.69, 9.17) is 0 Å². The number of ether oxygens (including phenoxy) is 1. The zero-order valence-electron chi connectivity index (χ0n) is 12.1. The first-order valence-corrected chi connectivity index (χ1v) is 7.00. The Morgan fingerprint density at radius 2 is 2.18 bits per heavy atom. The smallest absolute Gasteiger partial charge is 0.333 e. The van der Waals surface area contributed by atoms with Gasteiger partial charge in [0.05, 0.1) is 7.11 Å². The van der Waals surface area contributed by atoms with Gasteiger partial charge in [0.15, 0.2) is 6.04 Å². The highest BCUT2D eigenvalue weighted by molar-refractivity contribution is 5.85. The summed E-state index contributed by atoms with van der Waals surface area (Å²) in [6.45, 7) is 0. The van der Waals surface area contributed by atoms with E-state index in [1.165, 1.54) is 0 Å². The van der Waals surface area contributed by atoms with Crippen LogP contribution < -0.4 is 5.32 Å². The first-order chi connectivity index (χ1) is 10.5. The van der Waals surface area contributed by atoms with Gasteiger partial charge in [0, 0.05) is 12.0 Å². The largest absolute Gasteiger partial charge is 0.467 e. The molecule has 0 saturated heterocycles. The van der Waals surface area contributed by atoms with Crippen LogP contribution in [-0.2, 0) is 14.3 Å². The lowest BCUT2D eigenvalue weighted by Gasteiger charge is -2.18. The van der Waals surface area contributed by atoms with Crippen molar-refractivity contribution in [3.63, 3.8) is 0 Å².